The zero-order chi connectivity index (χ0) is 44.9. The predicted octanol–water partition coefficient (Wildman–Crippen LogP) is 12.3. The van der Waals surface area contributed by atoms with Crippen molar-refractivity contribution in [1.29, 1.82) is 10.5 Å². The van der Waals surface area contributed by atoms with E-state index in [1.807, 2.05) is 36.4 Å². The van der Waals surface area contributed by atoms with E-state index in [1.54, 1.807) is 0 Å². The summed E-state index contributed by atoms with van der Waals surface area (Å²) in [4.78, 5) is 0. The molecule has 2 aromatic heterocycles. The lowest BCUT2D eigenvalue weighted by Crippen LogP contribution is -2.74. The number of nitriles is 2. The molecule has 0 saturated carbocycles. The number of hydrogen-bond acceptors (Lipinski definition) is 2. The molecule has 0 bridgehead atoms. The zero-order valence-electron chi connectivity index (χ0n) is 36.4. The molecule has 0 atom stereocenters. The van der Waals surface area contributed by atoms with Crippen molar-refractivity contribution in [1.82, 2.24) is 9.13 Å². The molecular formula is C62H40N4Si. The Hall–Kier alpha value is -9.00. The summed E-state index contributed by atoms with van der Waals surface area (Å²) in [6, 6.07) is 91.7. The van der Waals surface area contributed by atoms with E-state index in [2.05, 4.69) is 228 Å². The van der Waals surface area contributed by atoms with Gasteiger partial charge < -0.3 is 9.13 Å². The Morgan fingerprint density at radius 3 is 1.57 bits per heavy atom. The van der Waals surface area contributed by atoms with E-state index in [4.69, 9.17) is 0 Å². The van der Waals surface area contributed by atoms with Gasteiger partial charge in [-0.3, -0.25) is 0 Å². The maximum Gasteiger partial charge on any atom is 0.179 e. The summed E-state index contributed by atoms with van der Waals surface area (Å²) in [5.41, 5.74) is 12.1. The minimum absolute atomic E-state index is 0.617. The molecule has 0 N–H and O–H groups in total. The van der Waals surface area contributed by atoms with E-state index in [1.165, 1.54) is 31.9 Å². The van der Waals surface area contributed by atoms with Gasteiger partial charge in [0, 0.05) is 38.5 Å². The zero-order valence-corrected chi connectivity index (χ0v) is 37.4. The first-order valence-corrected chi connectivity index (χ1v) is 24.5. The molecule has 10 aromatic carbocycles. The van der Waals surface area contributed by atoms with Gasteiger partial charge in [0.25, 0.3) is 0 Å². The Kier molecular flexibility index (Phi) is 9.58. The smallest absolute Gasteiger partial charge is 0.179 e. The van der Waals surface area contributed by atoms with E-state index >= 15 is 0 Å². The molecule has 5 heteroatoms. The van der Waals surface area contributed by atoms with E-state index < -0.39 is 8.07 Å². The molecule has 2 heterocycles. The van der Waals surface area contributed by atoms with Crippen molar-refractivity contribution < 1.29 is 0 Å². The Balaban J connectivity index is 1.10. The molecule has 312 valence electrons. The second kappa shape index (κ2) is 16.2. The van der Waals surface area contributed by atoms with Crippen molar-refractivity contribution in [2.24, 2.45) is 0 Å². The highest BCUT2D eigenvalue weighted by atomic mass is 28.3. The minimum Gasteiger partial charge on any atom is -0.309 e. The summed E-state index contributed by atoms with van der Waals surface area (Å²) >= 11 is 0. The number of nitrogens with zero attached hydrogens (tertiary/aromatic N) is 4. The highest BCUT2D eigenvalue weighted by Crippen LogP contribution is 2.41. The molecule has 0 saturated heterocycles. The summed E-state index contributed by atoms with van der Waals surface area (Å²) in [6.07, 6.45) is 0. The number of fused-ring (bicyclic) bond motifs is 6. The van der Waals surface area contributed by atoms with Gasteiger partial charge in [0.1, 0.15) is 0 Å². The van der Waals surface area contributed by atoms with Crippen LogP contribution in [0.2, 0.25) is 0 Å². The molecule has 0 spiro atoms. The molecule has 0 fully saturated rings. The van der Waals surface area contributed by atoms with Crippen LogP contribution in [0.25, 0.3) is 77.2 Å². The average molecular weight is 869 g/mol. The van der Waals surface area contributed by atoms with Crippen LogP contribution in [0, 0.1) is 22.7 Å². The highest BCUT2D eigenvalue weighted by molar-refractivity contribution is 7.20. The molecule has 67 heavy (non-hydrogen) atoms. The summed E-state index contributed by atoms with van der Waals surface area (Å²) in [7, 11) is -2.96. The molecule has 0 aliphatic heterocycles. The second-order valence-corrected chi connectivity index (χ2v) is 20.9. The Morgan fingerprint density at radius 1 is 0.313 bits per heavy atom. The van der Waals surface area contributed by atoms with E-state index in [0.717, 1.165) is 66.1 Å². The lowest BCUT2D eigenvalue weighted by molar-refractivity contribution is 1.18. The number of para-hydroxylation sites is 2. The molecule has 0 aliphatic carbocycles. The summed E-state index contributed by atoms with van der Waals surface area (Å²) in [5, 5.41) is 29.5. The van der Waals surface area contributed by atoms with Crippen LogP contribution in [0.3, 0.4) is 0 Å². The lowest BCUT2D eigenvalue weighted by atomic mass is 9.99. The maximum absolute atomic E-state index is 10.3. The Bertz CT molecular complexity index is 3890. The monoisotopic (exact) mass is 868 g/mol. The normalized spacial score (nSPS) is 11.6. The SMILES string of the molecule is N#Cc1ccc(-n2c3ccccc3c3cccc(-c4ccc5c(c4)c4cc(C#N)ccc4n5-c4cccc([Si](c5ccccc5)(c5ccccc5)c5cccc(-c6ccccc6)c5)c4)c32)cc1. The lowest BCUT2D eigenvalue weighted by Gasteiger charge is -2.35. The fourth-order valence-corrected chi connectivity index (χ4v) is 15.4. The maximum atomic E-state index is 10.3. The van der Waals surface area contributed by atoms with Crippen LogP contribution in [0.5, 0.6) is 0 Å². The fourth-order valence-electron chi connectivity index (χ4n) is 10.6. The van der Waals surface area contributed by atoms with Crippen LogP contribution >= 0.6 is 0 Å². The van der Waals surface area contributed by atoms with Crippen molar-refractivity contribution in [3.05, 3.63) is 254 Å². The minimum atomic E-state index is -2.96. The molecule has 12 rings (SSSR count). The first-order chi connectivity index (χ1) is 33.1. The standard InChI is InChI=1S/C62H40N4Si/c63-41-43-29-33-48(34-30-43)66-59-28-11-10-25-55(59)56-27-14-26-54(62(56)66)47-32-36-61-58(39-47)57-37-44(42-64)31-35-60(57)65(61)49-18-13-24-53(40-49)67(50-19-6-2-7-20-50,51-21-8-3-9-22-51)52-23-12-17-46(38-52)45-15-4-1-5-16-45/h1-40H. The largest absolute Gasteiger partial charge is 0.309 e. The molecule has 4 nitrogen and oxygen atoms in total. The third kappa shape index (κ3) is 6.41. The number of hydrogen-bond donors (Lipinski definition) is 0. The average Bonchev–Trinajstić information content (AvgIpc) is 3.92. The Labute approximate surface area is 389 Å². The Morgan fingerprint density at radius 2 is 0.851 bits per heavy atom. The summed E-state index contributed by atoms with van der Waals surface area (Å²) in [6.45, 7) is 0. The van der Waals surface area contributed by atoms with Crippen LogP contribution in [-0.2, 0) is 0 Å². The van der Waals surface area contributed by atoms with Crippen molar-refractivity contribution in [3.63, 3.8) is 0 Å². The number of rotatable bonds is 8. The third-order valence-corrected chi connectivity index (χ3v) is 18.3. The van der Waals surface area contributed by atoms with Gasteiger partial charge in [-0.2, -0.15) is 10.5 Å². The van der Waals surface area contributed by atoms with E-state index in [9.17, 15) is 10.5 Å². The topological polar surface area (TPSA) is 57.4 Å². The van der Waals surface area contributed by atoms with Gasteiger partial charge in [-0.15, -0.1) is 0 Å². The van der Waals surface area contributed by atoms with Crippen molar-refractivity contribution in [2.75, 3.05) is 0 Å². The van der Waals surface area contributed by atoms with Crippen LogP contribution in [0.15, 0.2) is 243 Å². The van der Waals surface area contributed by atoms with Crippen LogP contribution in [0.4, 0.5) is 0 Å². The highest BCUT2D eigenvalue weighted by Gasteiger charge is 2.42. The third-order valence-electron chi connectivity index (χ3n) is 13.5. The summed E-state index contributed by atoms with van der Waals surface area (Å²) in [5.74, 6) is 0. The van der Waals surface area contributed by atoms with Crippen LogP contribution in [0.1, 0.15) is 11.1 Å². The molecule has 0 amide bonds. The second-order valence-electron chi connectivity index (χ2n) is 17.1. The predicted molar refractivity (Wildman–Crippen MR) is 279 cm³/mol. The van der Waals surface area contributed by atoms with Crippen LogP contribution in [-0.4, -0.2) is 17.2 Å². The van der Waals surface area contributed by atoms with Gasteiger partial charge in [-0.25, -0.2) is 0 Å². The van der Waals surface area contributed by atoms with E-state index in [0.29, 0.717) is 11.1 Å². The fraction of sp³-hybridized carbons (Fsp3) is 0. The van der Waals surface area contributed by atoms with E-state index in [-0.39, 0.29) is 0 Å². The molecular weight excluding hydrogens is 829 g/mol. The van der Waals surface area contributed by atoms with Gasteiger partial charge in [-0.1, -0.05) is 170 Å². The number of aromatic nitrogens is 2. The summed E-state index contributed by atoms with van der Waals surface area (Å²) < 4.78 is 4.70. The first-order valence-electron chi connectivity index (χ1n) is 22.5. The molecule has 0 aliphatic rings. The van der Waals surface area contributed by atoms with Gasteiger partial charge in [0.05, 0.1) is 45.3 Å². The van der Waals surface area contributed by atoms with Crippen LogP contribution < -0.4 is 20.7 Å². The molecule has 0 unspecified atom stereocenters. The van der Waals surface area contributed by atoms with Crippen molar-refractivity contribution in [2.45, 2.75) is 0 Å². The molecule has 0 radical (unpaired) electrons. The first kappa shape index (κ1) is 39.6. The van der Waals surface area contributed by atoms with Gasteiger partial charge in [-0.05, 0) is 110 Å². The van der Waals surface area contributed by atoms with Gasteiger partial charge in [0.2, 0.25) is 0 Å². The quantitative estimate of drug-likeness (QED) is 0.113. The molecule has 12 aromatic rings. The van der Waals surface area contributed by atoms with Gasteiger partial charge >= 0.3 is 0 Å². The van der Waals surface area contributed by atoms with Crippen molar-refractivity contribution >= 4 is 72.4 Å². The van der Waals surface area contributed by atoms with Gasteiger partial charge in [0.15, 0.2) is 8.07 Å². The van der Waals surface area contributed by atoms with Crippen molar-refractivity contribution in [3.8, 4) is 45.8 Å². The number of benzene rings is 10.